The van der Waals surface area contributed by atoms with Gasteiger partial charge in [0.1, 0.15) is 6.61 Å². The van der Waals surface area contributed by atoms with Crippen molar-refractivity contribution in [3.8, 4) is 0 Å². The number of alkyl halides is 3. The number of carbonyl (C=O) groups excluding carboxylic acids is 1. The Hall–Kier alpha value is -2.74. The van der Waals surface area contributed by atoms with E-state index < -0.39 is 11.7 Å². The summed E-state index contributed by atoms with van der Waals surface area (Å²) in [6.45, 7) is 6.63. The third-order valence-electron chi connectivity index (χ3n) is 7.60. The third-order valence-corrected chi connectivity index (χ3v) is 7.60. The molecule has 0 aromatic heterocycles. The van der Waals surface area contributed by atoms with Crippen LogP contribution in [0.3, 0.4) is 0 Å². The largest absolute Gasteiger partial charge is 0.416 e. The molecule has 1 heterocycles. The van der Waals surface area contributed by atoms with Crippen molar-refractivity contribution in [3.05, 3.63) is 59.2 Å². The number of amides is 1. The van der Waals surface area contributed by atoms with Crippen LogP contribution in [0.25, 0.3) is 0 Å². The predicted molar refractivity (Wildman–Crippen MR) is 137 cm³/mol. The lowest BCUT2D eigenvalue weighted by Crippen LogP contribution is -2.50. The predicted octanol–water partition coefficient (Wildman–Crippen LogP) is 5.44. The summed E-state index contributed by atoms with van der Waals surface area (Å²) >= 11 is 0. The number of nitrogens with zero attached hydrogens (tertiary/aromatic N) is 3. The maximum absolute atomic E-state index is 13.3. The molecule has 196 valence electrons. The molecule has 5 nitrogen and oxygen atoms in total. The molecule has 1 aliphatic heterocycles. The number of benzene rings is 2. The molecule has 0 atom stereocenters. The van der Waals surface area contributed by atoms with Gasteiger partial charge in [0, 0.05) is 50.6 Å². The summed E-state index contributed by atoms with van der Waals surface area (Å²) in [5.41, 5.74) is 2.65. The lowest BCUT2D eigenvalue weighted by Gasteiger charge is -2.37. The molecule has 8 heteroatoms. The molecule has 2 aromatic carbocycles. The van der Waals surface area contributed by atoms with Crippen LogP contribution in [0.1, 0.15) is 42.4 Å². The molecule has 4 rings (SSSR count). The second kappa shape index (κ2) is 11.1. The standard InChI is InChI=1S/C28H36F3N3O2/c1-20-4-7-23(8-5-20)33-14-16-34(17-15-33)27(35)19-36-25-12-10-22(11-13-25)32(3)24-9-6-21(2)26(18-24)28(29,30)31/h4-9,18,22,25H,10-17,19H2,1-3H3. The first-order valence-corrected chi connectivity index (χ1v) is 12.7. The Morgan fingerprint density at radius 1 is 0.972 bits per heavy atom. The van der Waals surface area contributed by atoms with Crippen LogP contribution in [0.15, 0.2) is 42.5 Å². The van der Waals surface area contributed by atoms with Gasteiger partial charge in [-0.25, -0.2) is 0 Å². The fraction of sp³-hybridized carbons (Fsp3) is 0.536. The SMILES string of the molecule is Cc1ccc(N2CCN(C(=O)COC3CCC(N(C)c4ccc(C)c(C(F)(F)F)c4)CC3)CC2)cc1. The molecule has 2 aromatic rings. The average molecular weight is 504 g/mol. The molecule has 1 aliphatic carbocycles. The van der Waals surface area contributed by atoms with Crippen molar-refractivity contribution >= 4 is 17.3 Å². The molecule has 36 heavy (non-hydrogen) atoms. The van der Waals surface area contributed by atoms with Gasteiger partial charge in [0.05, 0.1) is 11.7 Å². The van der Waals surface area contributed by atoms with E-state index in [0.29, 0.717) is 18.8 Å². The van der Waals surface area contributed by atoms with Crippen LogP contribution in [0.4, 0.5) is 24.5 Å². The van der Waals surface area contributed by atoms with Crippen molar-refractivity contribution in [1.82, 2.24) is 4.90 Å². The summed E-state index contributed by atoms with van der Waals surface area (Å²) in [6, 6.07) is 13.1. The van der Waals surface area contributed by atoms with Crippen molar-refractivity contribution in [2.24, 2.45) is 0 Å². The Balaban J connectivity index is 1.21. The Morgan fingerprint density at radius 2 is 1.61 bits per heavy atom. The first kappa shape index (κ1) is 26.3. The van der Waals surface area contributed by atoms with Gasteiger partial charge < -0.3 is 19.4 Å². The molecule has 0 radical (unpaired) electrons. The summed E-state index contributed by atoms with van der Waals surface area (Å²) in [5, 5.41) is 0. The summed E-state index contributed by atoms with van der Waals surface area (Å²) in [4.78, 5) is 18.8. The van der Waals surface area contributed by atoms with Crippen LogP contribution in [-0.2, 0) is 15.7 Å². The normalized spacial score (nSPS) is 20.9. The number of halogens is 3. The van der Waals surface area contributed by atoms with Crippen molar-refractivity contribution in [2.75, 3.05) is 49.6 Å². The summed E-state index contributed by atoms with van der Waals surface area (Å²) in [7, 11) is 1.86. The number of ether oxygens (including phenoxy) is 1. The van der Waals surface area contributed by atoms with Gasteiger partial charge in [-0.3, -0.25) is 4.79 Å². The monoisotopic (exact) mass is 503 g/mol. The molecule has 2 aliphatic rings. The van der Waals surface area contributed by atoms with E-state index in [1.165, 1.54) is 30.3 Å². The number of hydrogen-bond acceptors (Lipinski definition) is 4. The Bertz CT molecular complexity index is 1030. The molecule has 1 saturated heterocycles. The van der Waals surface area contributed by atoms with Crippen molar-refractivity contribution in [1.29, 1.82) is 0 Å². The fourth-order valence-electron chi connectivity index (χ4n) is 5.19. The molecular formula is C28H36F3N3O2. The van der Waals surface area contributed by atoms with E-state index in [9.17, 15) is 18.0 Å². The Morgan fingerprint density at radius 3 is 2.22 bits per heavy atom. The van der Waals surface area contributed by atoms with Crippen LogP contribution >= 0.6 is 0 Å². The Labute approximate surface area is 211 Å². The molecular weight excluding hydrogens is 467 g/mol. The van der Waals surface area contributed by atoms with E-state index in [-0.39, 0.29) is 30.2 Å². The minimum absolute atomic E-state index is 0.0104. The molecule has 0 bridgehead atoms. The summed E-state index contributed by atoms with van der Waals surface area (Å²) in [5.74, 6) is 0.0251. The first-order chi connectivity index (χ1) is 17.1. The van der Waals surface area contributed by atoms with Crippen LogP contribution in [0, 0.1) is 13.8 Å². The zero-order chi connectivity index (χ0) is 25.9. The number of rotatable bonds is 6. The van der Waals surface area contributed by atoms with Crippen LogP contribution < -0.4 is 9.80 Å². The second-order valence-electron chi connectivity index (χ2n) is 10.1. The van der Waals surface area contributed by atoms with Gasteiger partial charge in [0.25, 0.3) is 0 Å². The van der Waals surface area contributed by atoms with E-state index in [1.807, 2.05) is 16.8 Å². The number of carbonyl (C=O) groups is 1. The molecule has 0 N–H and O–H groups in total. The van der Waals surface area contributed by atoms with E-state index >= 15 is 0 Å². The smallest absolute Gasteiger partial charge is 0.372 e. The van der Waals surface area contributed by atoms with Crippen molar-refractivity contribution < 1.29 is 22.7 Å². The van der Waals surface area contributed by atoms with Gasteiger partial charge in [0.2, 0.25) is 5.91 Å². The third kappa shape index (κ3) is 6.33. The minimum atomic E-state index is -4.35. The average Bonchev–Trinajstić information content (AvgIpc) is 2.87. The van der Waals surface area contributed by atoms with Gasteiger partial charge >= 0.3 is 6.18 Å². The number of piperazine rings is 1. The maximum atomic E-state index is 13.3. The summed E-state index contributed by atoms with van der Waals surface area (Å²) in [6.07, 6.45) is -1.12. The molecule has 1 amide bonds. The molecule has 1 saturated carbocycles. The molecule has 2 fully saturated rings. The topological polar surface area (TPSA) is 36.0 Å². The van der Waals surface area contributed by atoms with Gasteiger partial charge in [-0.15, -0.1) is 0 Å². The highest BCUT2D eigenvalue weighted by Crippen LogP contribution is 2.35. The number of aryl methyl sites for hydroxylation is 2. The van der Waals surface area contributed by atoms with E-state index in [2.05, 4.69) is 36.1 Å². The zero-order valence-corrected chi connectivity index (χ0v) is 21.4. The van der Waals surface area contributed by atoms with E-state index in [4.69, 9.17) is 4.74 Å². The van der Waals surface area contributed by atoms with Crippen LogP contribution in [0.5, 0.6) is 0 Å². The lowest BCUT2D eigenvalue weighted by atomic mass is 9.91. The highest BCUT2D eigenvalue weighted by molar-refractivity contribution is 5.77. The highest BCUT2D eigenvalue weighted by atomic mass is 19.4. The minimum Gasteiger partial charge on any atom is -0.372 e. The number of hydrogen-bond donors (Lipinski definition) is 0. The number of anilines is 2. The lowest BCUT2D eigenvalue weighted by molar-refractivity contribution is -0.139. The summed E-state index contributed by atoms with van der Waals surface area (Å²) < 4.78 is 45.9. The quantitative estimate of drug-likeness (QED) is 0.526. The molecule has 0 spiro atoms. The van der Waals surface area contributed by atoms with Crippen LogP contribution in [0.2, 0.25) is 0 Å². The van der Waals surface area contributed by atoms with Gasteiger partial charge in [0.15, 0.2) is 0 Å². The van der Waals surface area contributed by atoms with E-state index in [0.717, 1.165) is 38.8 Å². The van der Waals surface area contributed by atoms with E-state index in [1.54, 1.807) is 6.07 Å². The van der Waals surface area contributed by atoms with Gasteiger partial charge in [-0.2, -0.15) is 13.2 Å². The highest BCUT2D eigenvalue weighted by Gasteiger charge is 2.33. The van der Waals surface area contributed by atoms with Crippen molar-refractivity contribution in [2.45, 2.75) is 57.9 Å². The van der Waals surface area contributed by atoms with Crippen LogP contribution in [-0.4, -0.2) is 62.8 Å². The Kier molecular flexibility index (Phi) is 8.13. The van der Waals surface area contributed by atoms with Gasteiger partial charge in [-0.1, -0.05) is 23.8 Å². The van der Waals surface area contributed by atoms with Crippen molar-refractivity contribution in [3.63, 3.8) is 0 Å². The van der Waals surface area contributed by atoms with Gasteiger partial charge in [-0.05, 0) is 69.4 Å². The maximum Gasteiger partial charge on any atom is 0.416 e. The fourth-order valence-corrected chi connectivity index (χ4v) is 5.19. The zero-order valence-electron chi connectivity index (χ0n) is 21.4. The first-order valence-electron chi connectivity index (χ1n) is 12.7. The second-order valence-corrected chi connectivity index (χ2v) is 10.1. The molecule has 0 unspecified atom stereocenters.